The minimum Gasteiger partial charge on any atom is -0.483 e. The van der Waals surface area contributed by atoms with Crippen molar-refractivity contribution >= 4 is 11.3 Å². The molecule has 0 radical (unpaired) electrons. The minimum atomic E-state index is 0.119. The highest BCUT2D eigenvalue weighted by Crippen LogP contribution is 2.41. The Labute approximate surface area is 129 Å². The zero-order valence-electron chi connectivity index (χ0n) is 12.3. The Morgan fingerprint density at radius 3 is 3.14 bits per heavy atom. The highest BCUT2D eigenvalue weighted by atomic mass is 32.1. The van der Waals surface area contributed by atoms with Crippen LogP contribution in [0.3, 0.4) is 0 Å². The van der Waals surface area contributed by atoms with Crippen LogP contribution in [0, 0.1) is 0 Å². The smallest absolute Gasteiger partial charge is 0.154 e. The molecule has 4 rings (SSSR count). The van der Waals surface area contributed by atoms with Crippen molar-refractivity contribution in [2.75, 3.05) is 13.6 Å². The summed E-state index contributed by atoms with van der Waals surface area (Å²) < 4.78 is 6.10. The highest BCUT2D eigenvalue weighted by Gasteiger charge is 2.30. The van der Waals surface area contributed by atoms with Crippen molar-refractivity contribution in [3.8, 4) is 5.75 Å². The molecule has 1 aliphatic carbocycles. The third kappa shape index (κ3) is 2.36. The lowest BCUT2D eigenvalue weighted by atomic mass is 9.91. The van der Waals surface area contributed by atoms with Gasteiger partial charge in [0.25, 0.3) is 0 Å². The molecule has 1 aliphatic heterocycles. The fourth-order valence-corrected chi connectivity index (χ4v) is 4.65. The number of hydrogen-bond acceptors (Lipinski definition) is 4. The Kier molecular flexibility index (Phi) is 3.43. The van der Waals surface area contributed by atoms with E-state index in [9.17, 15) is 0 Å². The number of nitrogens with zero attached hydrogens (tertiary/aromatic N) is 1. The molecule has 1 aromatic heterocycles. The van der Waals surface area contributed by atoms with Crippen molar-refractivity contribution < 1.29 is 4.74 Å². The van der Waals surface area contributed by atoms with Gasteiger partial charge in [-0.25, -0.2) is 4.98 Å². The number of likely N-dealkylation sites (N-methyl/N-ethyl adjacent to an activating group) is 1. The van der Waals surface area contributed by atoms with E-state index in [1.807, 2.05) is 24.5 Å². The van der Waals surface area contributed by atoms with Gasteiger partial charge in [0.05, 0.1) is 5.69 Å². The molecule has 2 atom stereocenters. The summed E-state index contributed by atoms with van der Waals surface area (Å²) in [5.41, 5.74) is 2.64. The molecule has 0 spiro atoms. The van der Waals surface area contributed by atoms with Gasteiger partial charge in [0.1, 0.15) is 10.8 Å². The summed E-state index contributed by atoms with van der Waals surface area (Å²) in [5.74, 6) is 1.61. The third-order valence-corrected chi connectivity index (χ3v) is 5.68. The van der Waals surface area contributed by atoms with E-state index in [1.54, 1.807) is 0 Å². The molecule has 2 aliphatic rings. The number of aromatic nitrogens is 1. The first-order chi connectivity index (χ1) is 10.3. The molecule has 0 bridgehead atoms. The summed E-state index contributed by atoms with van der Waals surface area (Å²) in [5, 5.41) is 4.47. The maximum absolute atomic E-state index is 6.10. The summed E-state index contributed by atoms with van der Waals surface area (Å²) in [4.78, 5) is 6.45. The second kappa shape index (κ2) is 5.43. The van der Waals surface area contributed by atoms with Crippen LogP contribution >= 0.6 is 11.3 Å². The summed E-state index contributed by atoms with van der Waals surface area (Å²) in [6.45, 7) is 1.03. The molecule has 0 saturated carbocycles. The first-order valence-corrected chi connectivity index (χ1v) is 8.55. The van der Waals surface area contributed by atoms with E-state index in [1.165, 1.54) is 40.4 Å². The molecular formula is C17H20N2OS. The maximum Gasteiger partial charge on any atom is 0.154 e. The van der Waals surface area contributed by atoms with E-state index in [4.69, 9.17) is 9.72 Å². The quantitative estimate of drug-likeness (QED) is 0.942. The highest BCUT2D eigenvalue weighted by molar-refractivity contribution is 7.11. The predicted octanol–water partition coefficient (Wildman–Crippen LogP) is 3.46. The first-order valence-electron chi connectivity index (χ1n) is 7.74. The molecule has 2 unspecified atom stereocenters. The van der Waals surface area contributed by atoms with Crippen molar-refractivity contribution in [2.24, 2.45) is 0 Å². The zero-order valence-corrected chi connectivity index (χ0v) is 13.1. The van der Waals surface area contributed by atoms with Gasteiger partial charge in [-0.15, -0.1) is 11.3 Å². The van der Waals surface area contributed by atoms with Gasteiger partial charge in [-0.1, -0.05) is 18.2 Å². The van der Waals surface area contributed by atoms with Crippen LogP contribution in [0.1, 0.15) is 46.0 Å². The monoisotopic (exact) mass is 300 g/mol. The van der Waals surface area contributed by atoms with Crippen LogP contribution in [0.2, 0.25) is 0 Å². The number of ether oxygens (including phenoxy) is 1. The van der Waals surface area contributed by atoms with Crippen molar-refractivity contribution in [3.05, 3.63) is 45.4 Å². The molecule has 1 N–H and O–H groups in total. The van der Waals surface area contributed by atoms with Gasteiger partial charge in [0, 0.05) is 23.8 Å². The molecule has 0 fully saturated rings. The van der Waals surface area contributed by atoms with E-state index in [0.717, 1.165) is 18.7 Å². The Hall–Kier alpha value is -1.39. The van der Waals surface area contributed by atoms with Gasteiger partial charge in [-0.3, -0.25) is 0 Å². The lowest BCUT2D eigenvalue weighted by Gasteiger charge is -2.20. The van der Waals surface area contributed by atoms with Gasteiger partial charge >= 0.3 is 0 Å². The normalized spacial score (nSPS) is 23.5. The van der Waals surface area contributed by atoms with Gasteiger partial charge < -0.3 is 10.1 Å². The van der Waals surface area contributed by atoms with Crippen LogP contribution in [0.5, 0.6) is 5.75 Å². The first kappa shape index (κ1) is 13.3. The molecule has 1 aromatic carbocycles. The average molecular weight is 300 g/mol. The molecule has 2 heterocycles. The number of thiazole rings is 1. The maximum atomic E-state index is 6.10. The van der Waals surface area contributed by atoms with E-state index < -0.39 is 0 Å². The van der Waals surface area contributed by atoms with Crippen LogP contribution in [-0.2, 0) is 12.8 Å². The van der Waals surface area contributed by atoms with Crippen molar-refractivity contribution in [1.82, 2.24) is 10.3 Å². The van der Waals surface area contributed by atoms with E-state index in [0.29, 0.717) is 5.92 Å². The van der Waals surface area contributed by atoms with E-state index in [2.05, 4.69) is 23.5 Å². The standard InChI is InChI=1S/C17H20N2OS/c1-18-10-12-6-4-8-15-16(12)19-17(21-15)14-9-11-5-2-3-7-13(11)20-14/h2-3,5,7,12,14,18H,4,6,8-10H2,1H3. The number of benzene rings is 1. The second-order valence-corrected chi connectivity index (χ2v) is 7.04. The zero-order chi connectivity index (χ0) is 14.2. The topological polar surface area (TPSA) is 34.1 Å². The SMILES string of the molecule is CNCC1CCCc2sc(C3Cc4ccccc4O3)nc21. The summed E-state index contributed by atoms with van der Waals surface area (Å²) in [6.07, 6.45) is 4.80. The van der Waals surface area contributed by atoms with Crippen molar-refractivity contribution in [1.29, 1.82) is 0 Å². The van der Waals surface area contributed by atoms with Gasteiger partial charge in [-0.2, -0.15) is 0 Å². The number of hydrogen-bond donors (Lipinski definition) is 1. The Bertz CT molecular complexity index is 627. The fraction of sp³-hybridized carbons (Fsp3) is 0.471. The third-order valence-electron chi connectivity index (χ3n) is 4.46. The number of rotatable bonds is 3. The average Bonchev–Trinajstić information content (AvgIpc) is 3.11. The van der Waals surface area contributed by atoms with Gasteiger partial charge in [0.2, 0.25) is 0 Å². The molecular weight excluding hydrogens is 280 g/mol. The minimum absolute atomic E-state index is 0.119. The fourth-order valence-electron chi connectivity index (χ4n) is 3.43. The summed E-state index contributed by atoms with van der Waals surface area (Å²) in [7, 11) is 2.03. The number of nitrogens with one attached hydrogen (secondary N) is 1. The van der Waals surface area contributed by atoms with Crippen LogP contribution in [0.25, 0.3) is 0 Å². The summed E-state index contributed by atoms with van der Waals surface area (Å²) in [6, 6.07) is 8.34. The van der Waals surface area contributed by atoms with Crippen LogP contribution in [0.15, 0.2) is 24.3 Å². The van der Waals surface area contributed by atoms with E-state index >= 15 is 0 Å². The molecule has 0 amide bonds. The lowest BCUT2D eigenvalue weighted by Crippen LogP contribution is -2.21. The second-order valence-electron chi connectivity index (χ2n) is 5.93. The van der Waals surface area contributed by atoms with Crippen LogP contribution in [-0.4, -0.2) is 18.6 Å². The summed E-state index contributed by atoms with van der Waals surface area (Å²) >= 11 is 1.87. The van der Waals surface area contributed by atoms with E-state index in [-0.39, 0.29) is 6.10 Å². The van der Waals surface area contributed by atoms with Gasteiger partial charge in [-0.05, 0) is 37.9 Å². The number of aryl methyl sites for hydroxylation is 1. The molecule has 2 aromatic rings. The molecule has 110 valence electrons. The molecule has 3 nitrogen and oxygen atoms in total. The predicted molar refractivity (Wildman–Crippen MR) is 85.2 cm³/mol. The lowest BCUT2D eigenvalue weighted by molar-refractivity contribution is 0.237. The Morgan fingerprint density at radius 1 is 1.38 bits per heavy atom. The molecule has 21 heavy (non-hydrogen) atoms. The Morgan fingerprint density at radius 2 is 2.29 bits per heavy atom. The largest absolute Gasteiger partial charge is 0.483 e. The van der Waals surface area contributed by atoms with Gasteiger partial charge in [0.15, 0.2) is 6.10 Å². The van der Waals surface area contributed by atoms with Crippen molar-refractivity contribution in [3.63, 3.8) is 0 Å². The number of para-hydroxylation sites is 1. The Balaban J connectivity index is 1.61. The van der Waals surface area contributed by atoms with Crippen molar-refractivity contribution in [2.45, 2.75) is 37.7 Å². The number of fused-ring (bicyclic) bond motifs is 2. The van der Waals surface area contributed by atoms with Crippen LogP contribution < -0.4 is 10.1 Å². The molecule has 0 saturated heterocycles. The molecule has 4 heteroatoms. The van der Waals surface area contributed by atoms with Crippen LogP contribution in [0.4, 0.5) is 0 Å².